The summed E-state index contributed by atoms with van der Waals surface area (Å²) in [5.41, 5.74) is 2.49. The van der Waals surface area contributed by atoms with Crippen molar-refractivity contribution in [3.8, 4) is 11.3 Å². The Morgan fingerprint density at radius 2 is 1.79 bits per heavy atom. The molecule has 1 saturated heterocycles. The molecule has 6 heteroatoms. The van der Waals surface area contributed by atoms with Gasteiger partial charge in [0, 0.05) is 24.7 Å². The van der Waals surface area contributed by atoms with E-state index in [0.717, 1.165) is 30.1 Å². The highest BCUT2D eigenvalue weighted by molar-refractivity contribution is 6.34. The first-order chi connectivity index (χ1) is 14.2. The number of hydrogen-bond acceptors (Lipinski definition) is 4. The van der Waals surface area contributed by atoms with Gasteiger partial charge in [0.1, 0.15) is 11.5 Å². The third-order valence-corrected chi connectivity index (χ3v) is 4.96. The van der Waals surface area contributed by atoms with E-state index < -0.39 is 0 Å². The van der Waals surface area contributed by atoms with Gasteiger partial charge in [-0.1, -0.05) is 48.0 Å². The number of amides is 1. The maximum absolute atomic E-state index is 12.5. The van der Waals surface area contributed by atoms with Crippen LogP contribution in [0.15, 0.2) is 71.2 Å². The number of morpholine rings is 1. The lowest BCUT2D eigenvalue weighted by Crippen LogP contribution is -2.37. The summed E-state index contributed by atoms with van der Waals surface area (Å²) in [7, 11) is 0. The zero-order chi connectivity index (χ0) is 20.1. The van der Waals surface area contributed by atoms with Crippen LogP contribution >= 0.6 is 11.6 Å². The zero-order valence-electron chi connectivity index (χ0n) is 15.8. The Morgan fingerprint density at radius 1 is 1.00 bits per heavy atom. The van der Waals surface area contributed by atoms with Crippen molar-refractivity contribution in [3.05, 3.63) is 77.5 Å². The molecule has 1 fully saturated rings. The summed E-state index contributed by atoms with van der Waals surface area (Å²) in [5.74, 6) is 1.12. The summed E-state index contributed by atoms with van der Waals surface area (Å²) >= 11 is 6.41. The average molecular weight is 409 g/mol. The lowest BCUT2D eigenvalue weighted by Gasteiger charge is -2.31. The van der Waals surface area contributed by atoms with Gasteiger partial charge in [0.15, 0.2) is 0 Å². The van der Waals surface area contributed by atoms with Crippen molar-refractivity contribution >= 4 is 35.0 Å². The van der Waals surface area contributed by atoms with Crippen molar-refractivity contribution in [2.24, 2.45) is 0 Å². The molecule has 0 aliphatic carbocycles. The second-order valence-corrected chi connectivity index (χ2v) is 7.03. The lowest BCUT2D eigenvalue weighted by molar-refractivity contribution is -0.111. The number of rotatable bonds is 5. The zero-order valence-corrected chi connectivity index (χ0v) is 16.6. The van der Waals surface area contributed by atoms with Gasteiger partial charge in [-0.2, -0.15) is 0 Å². The van der Waals surface area contributed by atoms with Gasteiger partial charge in [0.05, 0.1) is 29.6 Å². The fourth-order valence-electron chi connectivity index (χ4n) is 3.26. The topological polar surface area (TPSA) is 54.7 Å². The molecular weight excluding hydrogens is 388 g/mol. The fourth-order valence-corrected chi connectivity index (χ4v) is 3.55. The lowest BCUT2D eigenvalue weighted by atomic mass is 10.2. The van der Waals surface area contributed by atoms with E-state index >= 15 is 0 Å². The highest BCUT2D eigenvalue weighted by Gasteiger charge is 2.18. The molecule has 1 aliphatic heterocycles. The molecule has 148 valence electrons. The number of para-hydroxylation sites is 1. The van der Waals surface area contributed by atoms with Crippen LogP contribution in [0.5, 0.6) is 0 Å². The Balaban J connectivity index is 1.46. The number of anilines is 2. The molecule has 1 aromatic heterocycles. The molecule has 0 saturated carbocycles. The SMILES string of the molecule is O=C(/C=C/c1ccc(-c2ccccc2)o1)Nc1cccc(Cl)c1N1CCOCC1. The minimum absolute atomic E-state index is 0.251. The largest absolute Gasteiger partial charge is 0.457 e. The number of hydrogen-bond donors (Lipinski definition) is 1. The monoisotopic (exact) mass is 408 g/mol. The minimum Gasteiger partial charge on any atom is -0.457 e. The molecule has 3 aromatic rings. The molecule has 0 bridgehead atoms. The van der Waals surface area contributed by atoms with Gasteiger partial charge in [0.2, 0.25) is 5.91 Å². The number of furan rings is 1. The van der Waals surface area contributed by atoms with Crippen LogP contribution in [0.4, 0.5) is 11.4 Å². The summed E-state index contributed by atoms with van der Waals surface area (Å²) in [6.07, 6.45) is 3.11. The van der Waals surface area contributed by atoms with Gasteiger partial charge in [-0.25, -0.2) is 0 Å². The third-order valence-electron chi connectivity index (χ3n) is 4.66. The molecule has 2 heterocycles. The number of nitrogens with one attached hydrogen (secondary N) is 1. The molecule has 1 aliphatic rings. The molecule has 1 N–H and O–H groups in total. The Morgan fingerprint density at radius 3 is 2.59 bits per heavy atom. The molecule has 0 radical (unpaired) electrons. The Hall–Kier alpha value is -3.02. The summed E-state index contributed by atoms with van der Waals surface area (Å²) < 4.78 is 11.2. The molecule has 2 aromatic carbocycles. The molecule has 5 nitrogen and oxygen atoms in total. The van der Waals surface area contributed by atoms with Gasteiger partial charge in [-0.3, -0.25) is 4.79 Å². The maximum Gasteiger partial charge on any atom is 0.248 e. The van der Waals surface area contributed by atoms with Gasteiger partial charge in [0.25, 0.3) is 0 Å². The van der Waals surface area contributed by atoms with Crippen LogP contribution in [0, 0.1) is 0 Å². The van der Waals surface area contributed by atoms with E-state index in [4.69, 9.17) is 20.8 Å². The number of halogens is 1. The van der Waals surface area contributed by atoms with Crippen molar-refractivity contribution in [3.63, 3.8) is 0 Å². The summed E-state index contributed by atoms with van der Waals surface area (Å²) in [6.45, 7) is 2.75. The summed E-state index contributed by atoms with van der Waals surface area (Å²) in [5, 5.41) is 3.53. The van der Waals surface area contributed by atoms with Crippen LogP contribution in [0.1, 0.15) is 5.76 Å². The molecule has 4 rings (SSSR count). The van der Waals surface area contributed by atoms with E-state index in [1.165, 1.54) is 6.08 Å². The van der Waals surface area contributed by atoms with Crippen LogP contribution in [0.3, 0.4) is 0 Å². The van der Waals surface area contributed by atoms with Crippen molar-refractivity contribution < 1.29 is 13.9 Å². The third kappa shape index (κ3) is 4.70. The molecule has 1 amide bonds. The fraction of sp³-hybridized carbons (Fsp3) is 0.174. The predicted molar refractivity (Wildman–Crippen MR) is 116 cm³/mol. The number of carbonyl (C=O) groups excluding carboxylic acids is 1. The predicted octanol–water partition coefficient (Wildman–Crippen LogP) is 5.09. The minimum atomic E-state index is -0.251. The number of ether oxygens (including phenoxy) is 1. The molecule has 0 unspecified atom stereocenters. The van der Waals surface area contributed by atoms with E-state index in [1.807, 2.05) is 60.7 Å². The number of benzene rings is 2. The molecule has 29 heavy (non-hydrogen) atoms. The smallest absolute Gasteiger partial charge is 0.248 e. The number of nitrogens with zero attached hydrogens (tertiary/aromatic N) is 1. The van der Waals surface area contributed by atoms with Gasteiger partial charge in [-0.15, -0.1) is 0 Å². The van der Waals surface area contributed by atoms with E-state index in [-0.39, 0.29) is 5.91 Å². The first-order valence-corrected chi connectivity index (χ1v) is 9.84. The van der Waals surface area contributed by atoms with Crippen LogP contribution in [0.2, 0.25) is 5.02 Å². The Bertz CT molecular complexity index is 1010. The normalized spacial score (nSPS) is 14.3. The highest BCUT2D eigenvalue weighted by Crippen LogP contribution is 2.34. The Labute approximate surface area is 174 Å². The van der Waals surface area contributed by atoms with Crippen molar-refractivity contribution in [1.29, 1.82) is 0 Å². The van der Waals surface area contributed by atoms with Crippen molar-refractivity contribution in [1.82, 2.24) is 0 Å². The maximum atomic E-state index is 12.5. The standard InChI is InChI=1S/C23H21ClN2O3/c24-19-7-4-8-20(23(19)26-13-15-28-16-14-26)25-22(27)12-10-18-9-11-21(29-18)17-5-2-1-3-6-17/h1-12H,13-16H2,(H,25,27)/b12-10+. The van der Waals surface area contributed by atoms with E-state index in [9.17, 15) is 4.79 Å². The van der Waals surface area contributed by atoms with Gasteiger partial charge >= 0.3 is 0 Å². The summed E-state index contributed by atoms with van der Waals surface area (Å²) in [4.78, 5) is 14.6. The summed E-state index contributed by atoms with van der Waals surface area (Å²) in [6, 6.07) is 19.1. The molecular formula is C23H21ClN2O3. The van der Waals surface area contributed by atoms with Crippen LogP contribution in [0.25, 0.3) is 17.4 Å². The first-order valence-electron chi connectivity index (χ1n) is 9.46. The van der Waals surface area contributed by atoms with Gasteiger partial charge in [-0.05, 0) is 30.3 Å². The van der Waals surface area contributed by atoms with E-state index in [2.05, 4.69) is 10.2 Å². The highest BCUT2D eigenvalue weighted by atomic mass is 35.5. The molecule has 0 spiro atoms. The van der Waals surface area contributed by atoms with Gasteiger partial charge < -0.3 is 19.4 Å². The van der Waals surface area contributed by atoms with Crippen molar-refractivity contribution in [2.45, 2.75) is 0 Å². The average Bonchev–Trinajstić information content (AvgIpc) is 3.23. The van der Waals surface area contributed by atoms with Crippen LogP contribution in [-0.2, 0) is 9.53 Å². The second-order valence-electron chi connectivity index (χ2n) is 6.63. The quantitative estimate of drug-likeness (QED) is 0.597. The van der Waals surface area contributed by atoms with E-state index in [0.29, 0.717) is 29.7 Å². The van der Waals surface area contributed by atoms with Crippen LogP contribution in [-0.4, -0.2) is 32.2 Å². The van der Waals surface area contributed by atoms with Crippen molar-refractivity contribution in [2.75, 3.05) is 36.5 Å². The first kappa shape index (κ1) is 19.3. The molecule has 0 atom stereocenters. The van der Waals surface area contributed by atoms with E-state index in [1.54, 1.807) is 6.08 Å². The Kier molecular flexibility index (Phi) is 5.98. The number of carbonyl (C=O) groups is 1. The van der Waals surface area contributed by atoms with Crippen LogP contribution < -0.4 is 10.2 Å². The second kappa shape index (κ2) is 8.99.